The van der Waals surface area contributed by atoms with Crippen molar-refractivity contribution < 1.29 is 9.53 Å². The molecule has 0 fully saturated rings. The Morgan fingerprint density at radius 1 is 1.23 bits per heavy atom. The number of amides is 1. The molecule has 1 heterocycles. The fraction of sp³-hybridized carbons (Fsp3) is 0.278. The summed E-state index contributed by atoms with van der Waals surface area (Å²) in [6.07, 6.45) is 0.954. The Balaban J connectivity index is 1.66. The van der Waals surface area contributed by atoms with E-state index >= 15 is 0 Å². The van der Waals surface area contributed by atoms with Gasteiger partial charge >= 0.3 is 0 Å². The lowest BCUT2D eigenvalue weighted by Crippen LogP contribution is -2.30. The lowest BCUT2D eigenvalue weighted by atomic mass is 10.1. The van der Waals surface area contributed by atoms with Crippen LogP contribution in [0.2, 0.25) is 0 Å². The van der Waals surface area contributed by atoms with Crippen molar-refractivity contribution in [2.75, 3.05) is 24.3 Å². The van der Waals surface area contributed by atoms with Gasteiger partial charge in [0.15, 0.2) is 0 Å². The summed E-state index contributed by atoms with van der Waals surface area (Å²) in [4.78, 5) is 15.6. The molecule has 2 aromatic rings. The second-order valence-electron chi connectivity index (χ2n) is 5.34. The number of carbonyl (C=O) groups excluding carboxylic acids is 1. The van der Waals surface area contributed by atoms with Crippen molar-refractivity contribution >= 4 is 23.4 Å². The number of para-hydroxylation sites is 1. The zero-order valence-corrected chi connectivity index (χ0v) is 13.7. The summed E-state index contributed by atoms with van der Waals surface area (Å²) in [5, 5.41) is 0. The molecule has 22 heavy (non-hydrogen) atoms. The predicted octanol–water partition coefficient (Wildman–Crippen LogP) is 3.69. The highest BCUT2D eigenvalue weighted by molar-refractivity contribution is 8.00. The molecule has 0 saturated carbocycles. The Bertz CT molecular complexity index is 682. The molecule has 0 aromatic heterocycles. The van der Waals surface area contributed by atoms with E-state index in [2.05, 4.69) is 25.1 Å². The molecular weight excluding hydrogens is 294 g/mol. The molecule has 1 aliphatic rings. The number of hydrogen-bond donors (Lipinski definition) is 0. The minimum Gasteiger partial charge on any atom is -0.497 e. The number of ether oxygens (including phenoxy) is 1. The smallest absolute Gasteiger partial charge is 0.237 e. The van der Waals surface area contributed by atoms with Gasteiger partial charge in [0.1, 0.15) is 5.75 Å². The van der Waals surface area contributed by atoms with E-state index in [1.165, 1.54) is 11.1 Å². The van der Waals surface area contributed by atoms with E-state index in [-0.39, 0.29) is 5.91 Å². The molecular formula is C18H19NO2S. The average molecular weight is 313 g/mol. The van der Waals surface area contributed by atoms with Gasteiger partial charge in [0.25, 0.3) is 0 Å². The van der Waals surface area contributed by atoms with Crippen molar-refractivity contribution in [1.82, 2.24) is 0 Å². The zero-order chi connectivity index (χ0) is 15.5. The van der Waals surface area contributed by atoms with Gasteiger partial charge in [0.2, 0.25) is 5.91 Å². The molecule has 4 heteroatoms. The van der Waals surface area contributed by atoms with E-state index in [9.17, 15) is 4.79 Å². The minimum atomic E-state index is 0.175. The number of hydrogen-bond acceptors (Lipinski definition) is 3. The second kappa shape index (κ2) is 6.44. The first-order chi connectivity index (χ1) is 10.7. The summed E-state index contributed by atoms with van der Waals surface area (Å²) in [5.41, 5.74) is 3.57. The molecule has 2 aromatic carbocycles. The Hall–Kier alpha value is -1.94. The third kappa shape index (κ3) is 2.97. The van der Waals surface area contributed by atoms with Crippen LogP contribution in [-0.4, -0.2) is 25.3 Å². The van der Waals surface area contributed by atoms with Gasteiger partial charge in [-0.1, -0.05) is 18.2 Å². The highest BCUT2D eigenvalue weighted by Gasteiger charge is 2.25. The fourth-order valence-corrected chi connectivity index (χ4v) is 3.57. The SMILES string of the molecule is COc1ccc(SCC(=O)N2CCc3cccc(C)c32)cc1. The fourth-order valence-electron chi connectivity index (χ4n) is 2.80. The van der Waals surface area contributed by atoms with Crippen molar-refractivity contribution in [3.8, 4) is 5.75 Å². The van der Waals surface area contributed by atoms with E-state index in [0.29, 0.717) is 5.75 Å². The Morgan fingerprint density at radius 3 is 2.73 bits per heavy atom. The van der Waals surface area contributed by atoms with Crippen LogP contribution in [0.3, 0.4) is 0 Å². The largest absolute Gasteiger partial charge is 0.497 e. The maximum atomic E-state index is 12.5. The van der Waals surface area contributed by atoms with Gasteiger partial charge in [-0.3, -0.25) is 4.79 Å². The van der Waals surface area contributed by atoms with E-state index in [4.69, 9.17) is 4.74 Å². The maximum Gasteiger partial charge on any atom is 0.237 e. The third-order valence-electron chi connectivity index (χ3n) is 3.92. The van der Waals surface area contributed by atoms with Crippen LogP contribution < -0.4 is 9.64 Å². The highest BCUT2D eigenvalue weighted by atomic mass is 32.2. The summed E-state index contributed by atoms with van der Waals surface area (Å²) in [6.45, 7) is 2.86. The van der Waals surface area contributed by atoms with Crippen LogP contribution in [0.25, 0.3) is 0 Å². The van der Waals surface area contributed by atoms with Crippen LogP contribution in [-0.2, 0) is 11.2 Å². The van der Waals surface area contributed by atoms with Crippen molar-refractivity contribution in [1.29, 1.82) is 0 Å². The number of benzene rings is 2. The average Bonchev–Trinajstić information content (AvgIpc) is 2.98. The molecule has 3 nitrogen and oxygen atoms in total. The molecule has 114 valence electrons. The van der Waals surface area contributed by atoms with Crippen molar-refractivity contribution in [2.24, 2.45) is 0 Å². The Kier molecular flexibility index (Phi) is 4.39. The molecule has 1 amide bonds. The van der Waals surface area contributed by atoms with Gasteiger partial charge in [-0.15, -0.1) is 11.8 Å². The van der Waals surface area contributed by atoms with Crippen LogP contribution in [0.15, 0.2) is 47.4 Å². The normalized spacial score (nSPS) is 13.1. The van der Waals surface area contributed by atoms with Crippen LogP contribution >= 0.6 is 11.8 Å². The topological polar surface area (TPSA) is 29.5 Å². The van der Waals surface area contributed by atoms with Crippen LogP contribution in [0.1, 0.15) is 11.1 Å². The van der Waals surface area contributed by atoms with Crippen LogP contribution in [0.5, 0.6) is 5.75 Å². The summed E-state index contributed by atoms with van der Waals surface area (Å²) in [6, 6.07) is 14.1. The summed E-state index contributed by atoms with van der Waals surface area (Å²) < 4.78 is 5.14. The van der Waals surface area contributed by atoms with Crippen molar-refractivity contribution in [3.63, 3.8) is 0 Å². The van der Waals surface area contributed by atoms with Crippen molar-refractivity contribution in [2.45, 2.75) is 18.2 Å². The van der Waals surface area contributed by atoms with E-state index in [1.54, 1.807) is 18.9 Å². The molecule has 0 saturated heterocycles. The molecule has 1 aliphatic heterocycles. The van der Waals surface area contributed by atoms with Gasteiger partial charge in [-0.25, -0.2) is 0 Å². The molecule has 3 rings (SSSR count). The van der Waals surface area contributed by atoms with Gasteiger partial charge in [-0.2, -0.15) is 0 Å². The summed E-state index contributed by atoms with van der Waals surface area (Å²) >= 11 is 1.57. The Morgan fingerprint density at radius 2 is 2.00 bits per heavy atom. The van der Waals surface area contributed by atoms with Gasteiger partial charge < -0.3 is 9.64 Å². The highest BCUT2D eigenvalue weighted by Crippen LogP contribution is 2.32. The lowest BCUT2D eigenvalue weighted by molar-refractivity contribution is -0.116. The number of anilines is 1. The third-order valence-corrected chi connectivity index (χ3v) is 4.92. The zero-order valence-electron chi connectivity index (χ0n) is 12.8. The second-order valence-corrected chi connectivity index (χ2v) is 6.39. The van der Waals surface area contributed by atoms with E-state index in [0.717, 1.165) is 29.3 Å². The van der Waals surface area contributed by atoms with Gasteiger partial charge in [0.05, 0.1) is 12.9 Å². The lowest BCUT2D eigenvalue weighted by Gasteiger charge is -2.19. The van der Waals surface area contributed by atoms with Gasteiger partial charge in [-0.05, 0) is 48.7 Å². The standard InChI is InChI=1S/C18H19NO2S/c1-13-4-3-5-14-10-11-19(18(13)14)17(20)12-22-16-8-6-15(21-2)7-9-16/h3-9H,10-12H2,1-2H3. The number of methoxy groups -OCH3 is 1. The first kappa shape index (κ1) is 15.0. The molecule has 0 radical (unpaired) electrons. The predicted molar refractivity (Wildman–Crippen MR) is 91.0 cm³/mol. The summed E-state index contributed by atoms with van der Waals surface area (Å²) in [5.74, 6) is 1.47. The number of fused-ring (bicyclic) bond motifs is 1. The molecule has 0 aliphatic carbocycles. The van der Waals surface area contributed by atoms with Crippen molar-refractivity contribution in [3.05, 3.63) is 53.6 Å². The number of thioether (sulfide) groups is 1. The molecule has 0 N–H and O–H groups in total. The summed E-state index contributed by atoms with van der Waals surface area (Å²) in [7, 11) is 1.65. The van der Waals surface area contributed by atoms with E-state index < -0.39 is 0 Å². The first-order valence-electron chi connectivity index (χ1n) is 7.35. The molecule has 0 bridgehead atoms. The maximum absolute atomic E-state index is 12.5. The molecule has 0 atom stereocenters. The van der Waals surface area contributed by atoms with E-state index in [1.807, 2.05) is 29.2 Å². The number of rotatable bonds is 4. The number of carbonyl (C=O) groups is 1. The Labute approximate surface area is 135 Å². The first-order valence-corrected chi connectivity index (χ1v) is 8.33. The molecule has 0 unspecified atom stereocenters. The minimum absolute atomic E-state index is 0.175. The monoisotopic (exact) mass is 313 g/mol. The molecule has 0 spiro atoms. The number of aryl methyl sites for hydroxylation is 1. The number of nitrogens with zero attached hydrogens (tertiary/aromatic N) is 1. The van der Waals surface area contributed by atoms with Crippen LogP contribution in [0, 0.1) is 6.92 Å². The quantitative estimate of drug-likeness (QED) is 0.806. The van der Waals surface area contributed by atoms with Gasteiger partial charge in [0, 0.05) is 17.1 Å². The van der Waals surface area contributed by atoms with Crippen LogP contribution in [0.4, 0.5) is 5.69 Å².